The minimum absolute atomic E-state index is 0.0458. The quantitative estimate of drug-likeness (QED) is 0.485. The minimum atomic E-state index is -0.0458. The fourth-order valence-electron chi connectivity index (χ4n) is 3.14. The van der Waals surface area contributed by atoms with Crippen molar-refractivity contribution in [1.82, 2.24) is 14.8 Å². The molecule has 1 aromatic heterocycles. The third kappa shape index (κ3) is 6.10. The third-order valence-electron chi connectivity index (χ3n) is 4.80. The van der Waals surface area contributed by atoms with Gasteiger partial charge in [0.1, 0.15) is 11.6 Å². The highest BCUT2D eigenvalue weighted by Gasteiger charge is 2.13. The second-order valence-corrected chi connectivity index (χ2v) is 7.99. The number of hydrogen-bond acceptors (Lipinski definition) is 5. The van der Waals surface area contributed by atoms with E-state index >= 15 is 0 Å². The molecule has 2 aromatic carbocycles. The molecule has 0 spiro atoms. The van der Waals surface area contributed by atoms with Gasteiger partial charge in [-0.1, -0.05) is 41.6 Å². The second-order valence-electron chi connectivity index (χ2n) is 7.05. The maximum atomic E-state index is 12.3. The lowest BCUT2D eigenvalue weighted by Gasteiger charge is -2.08. The molecule has 0 saturated carbocycles. The van der Waals surface area contributed by atoms with Crippen molar-refractivity contribution in [2.45, 2.75) is 44.8 Å². The molecule has 0 aliphatic carbocycles. The summed E-state index contributed by atoms with van der Waals surface area (Å²) in [6.45, 7) is 4.88. The number of carbonyl (C=O) groups excluding carboxylic acids is 1. The molecule has 158 valence electrons. The summed E-state index contributed by atoms with van der Waals surface area (Å²) in [7, 11) is 1.67. The molecule has 30 heavy (non-hydrogen) atoms. The molecular formula is C23H28N4O2S. The zero-order valence-corrected chi connectivity index (χ0v) is 18.5. The topological polar surface area (TPSA) is 69.0 Å². The monoisotopic (exact) mass is 424 g/mol. The normalized spacial score (nSPS) is 10.8. The maximum Gasteiger partial charge on any atom is 0.234 e. The highest BCUT2D eigenvalue weighted by atomic mass is 32.2. The van der Waals surface area contributed by atoms with Gasteiger partial charge in [0, 0.05) is 18.7 Å². The number of benzene rings is 2. The number of anilines is 1. The molecule has 0 unspecified atom stereocenters. The Morgan fingerprint density at radius 3 is 2.47 bits per heavy atom. The Hall–Kier alpha value is -2.80. The number of nitrogens with one attached hydrogen (secondary N) is 1. The second kappa shape index (κ2) is 10.8. The standard InChI is InChI=1S/C23H28N4O2S/c1-4-27-21(7-5-6-18-10-14-20(29-3)15-11-18)25-26-23(27)30-16-22(28)24-19-12-8-17(2)9-13-19/h8-15H,4-7,16H2,1-3H3,(H,24,28). The third-order valence-corrected chi connectivity index (χ3v) is 5.77. The zero-order valence-electron chi connectivity index (χ0n) is 17.7. The molecule has 7 heteroatoms. The summed E-state index contributed by atoms with van der Waals surface area (Å²) in [6, 6.07) is 15.9. The van der Waals surface area contributed by atoms with Gasteiger partial charge in [-0.25, -0.2) is 0 Å². The summed E-state index contributed by atoms with van der Waals surface area (Å²) >= 11 is 1.42. The first-order valence-corrected chi connectivity index (χ1v) is 11.1. The number of rotatable bonds is 10. The molecule has 0 aliphatic heterocycles. The van der Waals surface area contributed by atoms with Crippen LogP contribution in [-0.2, 0) is 24.2 Å². The lowest BCUT2D eigenvalue weighted by Crippen LogP contribution is -2.14. The van der Waals surface area contributed by atoms with Crippen molar-refractivity contribution in [3.63, 3.8) is 0 Å². The molecule has 6 nitrogen and oxygen atoms in total. The summed E-state index contributed by atoms with van der Waals surface area (Å²) < 4.78 is 7.30. The van der Waals surface area contributed by atoms with E-state index in [0.29, 0.717) is 5.75 Å². The van der Waals surface area contributed by atoms with Crippen LogP contribution in [0.15, 0.2) is 53.7 Å². The van der Waals surface area contributed by atoms with E-state index in [9.17, 15) is 4.79 Å². The van der Waals surface area contributed by atoms with E-state index < -0.39 is 0 Å². The van der Waals surface area contributed by atoms with Crippen LogP contribution in [0.25, 0.3) is 0 Å². The van der Waals surface area contributed by atoms with Crippen molar-refractivity contribution in [2.75, 3.05) is 18.2 Å². The Labute approximate surface area is 182 Å². The van der Waals surface area contributed by atoms with E-state index in [0.717, 1.165) is 53.8 Å². The molecule has 1 N–H and O–H groups in total. The average Bonchev–Trinajstić information content (AvgIpc) is 3.16. The zero-order chi connectivity index (χ0) is 21.3. The maximum absolute atomic E-state index is 12.3. The van der Waals surface area contributed by atoms with Gasteiger partial charge in [0.05, 0.1) is 12.9 Å². The largest absolute Gasteiger partial charge is 0.497 e. The van der Waals surface area contributed by atoms with Crippen LogP contribution >= 0.6 is 11.8 Å². The summed E-state index contributed by atoms with van der Waals surface area (Å²) in [4.78, 5) is 12.3. The fourth-order valence-corrected chi connectivity index (χ4v) is 3.96. The summed E-state index contributed by atoms with van der Waals surface area (Å²) in [5.74, 6) is 2.10. The number of ether oxygens (including phenoxy) is 1. The Morgan fingerprint density at radius 2 is 1.80 bits per heavy atom. The summed E-state index contributed by atoms with van der Waals surface area (Å²) in [5.41, 5.74) is 3.25. The lowest BCUT2D eigenvalue weighted by molar-refractivity contribution is -0.113. The average molecular weight is 425 g/mol. The molecule has 0 atom stereocenters. The van der Waals surface area contributed by atoms with Gasteiger partial charge >= 0.3 is 0 Å². The predicted molar refractivity (Wildman–Crippen MR) is 121 cm³/mol. The van der Waals surface area contributed by atoms with Crippen LogP contribution in [0.4, 0.5) is 5.69 Å². The molecule has 0 aliphatic rings. The van der Waals surface area contributed by atoms with Crippen LogP contribution in [0.1, 0.15) is 30.3 Å². The van der Waals surface area contributed by atoms with E-state index in [1.165, 1.54) is 17.3 Å². The number of methoxy groups -OCH3 is 1. The van der Waals surface area contributed by atoms with Crippen LogP contribution in [-0.4, -0.2) is 33.5 Å². The van der Waals surface area contributed by atoms with Gasteiger partial charge in [0.25, 0.3) is 0 Å². The van der Waals surface area contributed by atoms with Crippen LogP contribution < -0.4 is 10.1 Å². The lowest BCUT2D eigenvalue weighted by atomic mass is 10.1. The van der Waals surface area contributed by atoms with Gasteiger partial charge in [-0.2, -0.15) is 0 Å². The Bertz CT molecular complexity index is 952. The van der Waals surface area contributed by atoms with Crippen LogP contribution in [0.5, 0.6) is 5.75 Å². The molecule has 3 rings (SSSR count). The molecule has 1 amide bonds. The number of aromatic nitrogens is 3. The van der Waals surface area contributed by atoms with Gasteiger partial charge in [0.2, 0.25) is 5.91 Å². The van der Waals surface area contributed by atoms with Gasteiger partial charge in [-0.05, 0) is 56.5 Å². The van der Waals surface area contributed by atoms with Gasteiger partial charge in [-0.3, -0.25) is 4.79 Å². The van der Waals surface area contributed by atoms with Crippen molar-refractivity contribution in [1.29, 1.82) is 0 Å². The predicted octanol–water partition coefficient (Wildman–Crippen LogP) is 4.52. The first-order chi connectivity index (χ1) is 14.6. The number of nitrogens with zero attached hydrogens (tertiary/aromatic N) is 3. The Morgan fingerprint density at radius 1 is 1.07 bits per heavy atom. The van der Waals surface area contributed by atoms with Crippen LogP contribution in [0.2, 0.25) is 0 Å². The Balaban J connectivity index is 1.50. The van der Waals surface area contributed by atoms with Crippen molar-refractivity contribution in [2.24, 2.45) is 0 Å². The van der Waals surface area contributed by atoms with Crippen molar-refractivity contribution in [3.05, 3.63) is 65.5 Å². The van der Waals surface area contributed by atoms with Crippen molar-refractivity contribution < 1.29 is 9.53 Å². The van der Waals surface area contributed by atoms with Gasteiger partial charge < -0.3 is 14.6 Å². The number of hydrogen-bond donors (Lipinski definition) is 1. The fraction of sp³-hybridized carbons (Fsp3) is 0.348. The van der Waals surface area contributed by atoms with Crippen LogP contribution in [0.3, 0.4) is 0 Å². The molecular weight excluding hydrogens is 396 g/mol. The van der Waals surface area contributed by atoms with Crippen molar-refractivity contribution >= 4 is 23.4 Å². The molecule has 0 radical (unpaired) electrons. The first-order valence-electron chi connectivity index (χ1n) is 10.1. The highest BCUT2D eigenvalue weighted by Crippen LogP contribution is 2.19. The van der Waals surface area contributed by atoms with Crippen LogP contribution in [0, 0.1) is 6.92 Å². The number of carbonyl (C=O) groups is 1. The smallest absolute Gasteiger partial charge is 0.234 e. The van der Waals surface area contributed by atoms with E-state index in [2.05, 4.69) is 39.1 Å². The first kappa shape index (κ1) is 21.9. The number of amides is 1. The van der Waals surface area contributed by atoms with E-state index in [1.54, 1.807) is 7.11 Å². The minimum Gasteiger partial charge on any atom is -0.497 e. The number of aryl methyl sites for hydroxylation is 3. The summed E-state index contributed by atoms with van der Waals surface area (Å²) in [5, 5.41) is 12.4. The summed E-state index contributed by atoms with van der Waals surface area (Å²) in [6.07, 6.45) is 2.81. The van der Waals surface area contributed by atoms with E-state index in [1.807, 2.05) is 43.3 Å². The van der Waals surface area contributed by atoms with Gasteiger partial charge in [-0.15, -0.1) is 10.2 Å². The van der Waals surface area contributed by atoms with Gasteiger partial charge in [0.15, 0.2) is 5.16 Å². The molecule has 0 bridgehead atoms. The molecule has 0 saturated heterocycles. The highest BCUT2D eigenvalue weighted by molar-refractivity contribution is 7.99. The SMILES string of the molecule is CCn1c(CCCc2ccc(OC)cc2)nnc1SCC(=O)Nc1ccc(C)cc1. The molecule has 0 fully saturated rings. The van der Waals surface area contributed by atoms with Crippen molar-refractivity contribution in [3.8, 4) is 5.75 Å². The van der Waals surface area contributed by atoms with E-state index in [-0.39, 0.29) is 5.91 Å². The molecule has 3 aromatic rings. The molecule has 1 heterocycles. The number of thioether (sulfide) groups is 1. The Kier molecular flexibility index (Phi) is 7.90. The van der Waals surface area contributed by atoms with E-state index in [4.69, 9.17) is 4.74 Å².